The maximum absolute atomic E-state index is 14.4. The van der Waals surface area contributed by atoms with Crippen LogP contribution < -0.4 is 20.5 Å². The van der Waals surface area contributed by atoms with Crippen LogP contribution in [-0.2, 0) is 22.1 Å². The molecule has 3 aromatic heterocycles. The summed E-state index contributed by atoms with van der Waals surface area (Å²) in [7, 11) is 0. The maximum atomic E-state index is 14.4. The molecule has 52 heavy (non-hydrogen) atoms. The quantitative estimate of drug-likeness (QED) is 0.306. The lowest BCUT2D eigenvalue weighted by atomic mass is 10.0. The van der Waals surface area contributed by atoms with Gasteiger partial charge in [0.2, 0.25) is 11.7 Å². The van der Waals surface area contributed by atoms with Crippen LogP contribution in [0, 0.1) is 0 Å². The number of rotatable bonds is 5. The predicted octanol–water partition coefficient (Wildman–Crippen LogP) is 4.05. The summed E-state index contributed by atoms with van der Waals surface area (Å²) in [5.74, 6) is -0.917. The fourth-order valence-corrected chi connectivity index (χ4v) is 7.55. The van der Waals surface area contributed by atoms with E-state index in [1.807, 2.05) is 17.9 Å². The third-order valence-electron chi connectivity index (χ3n) is 9.95. The summed E-state index contributed by atoms with van der Waals surface area (Å²) in [6.45, 7) is 3.99. The summed E-state index contributed by atoms with van der Waals surface area (Å²) in [5.41, 5.74) is 0.875. The van der Waals surface area contributed by atoms with Crippen molar-refractivity contribution in [2.75, 3.05) is 56.2 Å². The van der Waals surface area contributed by atoms with Gasteiger partial charge in [0.25, 0.3) is 11.5 Å². The summed E-state index contributed by atoms with van der Waals surface area (Å²) in [6.07, 6.45) is 0.125. The fourth-order valence-electron chi connectivity index (χ4n) is 7.32. The van der Waals surface area contributed by atoms with E-state index in [9.17, 15) is 32.7 Å². The number of nitrogens with one attached hydrogen (secondary N) is 1. The van der Waals surface area contributed by atoms with E-state index in [2.05, 4.69) is 15.4 Å². The van der Waals surface area contributed by atoms with Gasteiger partial charge in [0.05, 0.1) is 41.8 Å². The Kier molecular flexibility index (Phi) is 8.36. The molecule has 4 aliphatic rings. The zero-order valence-corrected chi connectivity index (χ0v) is 28.5. The van der Waals surface area contributed by atoms with Crippen LogP contribution in [0.15, 0.2) is 35.3 Å². The smallest absolute Gasteiger partial charge is 0.416 e. The molecule has 0 radical (unpaired) electrons. The molecule has 7 heterocycles. The Morgan fingerprint density at radius 3 is 2.62 bits per heavy atom. The molecule has 14 nitrogen and oxygen atoms in total. The minimum absolute atomic E-state index is 0.00354. The molecular formula is C34H32ClF3N8O6. The number of amides is 2. The minimum atomic E-state index is -4.61. The van der Waals surface area contributed by atoms with Crippen molar-refractivity contribution in [3.8, 4) is 11.5 Å². The molecule has 0 aliphatic carbocycles. The van der Waals surface area contributed by atoms with E-state index in [-0.39, 0.29) is 72.2 Å². The van der Waals surface area contributed by atoms with Crippen LogP contribution in [-0.4, -0.2) is 92.0 Å². The van der Waals surface area contributed by atoms with Gasteiger partial charge in [-0.2, -0.15) is 22.7 Å². The first-order valence-electron chi connectivity index (χ1n) is 16.8. The monoisotopic (exact) mass is 740 g/mol. The molecule has 272 valence electrons. The van der Waals surface area contributed by atoms with Gasteiger partial charge in [-0.1, -0.05) is 24.6 Å². The van der Waals surface area contributed by atoms with Crippen molar-refractivity contribution in [1.29, 1.82) is 0 Å². The molecule has 4 aromatic rings. The number of benzene rings is 1. The first-order valence-corrected chi connectivity index (χ1v) is 17.2. The summed E-state index contributed by atoms with van der Waals surface area (Å²) in [4.78, 5) is 54.1. The Morgan fingerprint density at radius 2 is 1.90 bits per heavy atom. The number of carbonyl (C=O) groups is 2. The third kappa shape index (κ3) is 5.71. The molecule has 2 amide bonds. The number of aromatic hydroxyl groups is 1. The number of hydrogen-bond donors (Lipinski definition) is 2. The van der Waals surface area contributed by atoms with Gasteiger partial charge in [-0.25, -0.2) is 4.98 Å². The number of ether oxygens (including phenoxy) is 2. The first-order chi connectivity index (χ1) is 24.9. The van der Waals surface area contributed by atoms with Gasteiger partial charge in [0.15, 0.2) is 23.0 Å². The molecule has 0 bridgehead atoms. The largest absolute Gasteiger partial charge is 0.503 e. The van der Waals surface area contributed by atoms with Crippen molar-refractivity contribution in [3.63, 3.8) is 0 Å². The molecule has 0 spiro atoms. The topological polar surface area (TPSA) is 156 Å². The van der Waals surface area contributed by atoms with Gasteiger partial charge in [0.1, 0.15) is 11.7 Å². The molecule has 1 saturated heterocycles. The number of halogens is 4. The summed E-state index contributed by atoms with van der Waals surface area (Å²) >= 11 is 6.19. The van der Waals surface area contributed by atoms with Crippen LogP contribution in [0.25, 0.3) is 11.4 Å². The van der Waals surface area contributed by atoms with E-state index in [0.717, 1.165) is 29.3 Å². The molecule has 4 aliphatic heterocycles. The zero-order valence-electron chi connectivity index (χ0n) is 27.7. The lowest BCUT2D eigenvalue weighted by Crippen LogP contribution is -2.51. The van der Waals surface area contributed by atoms with E-state index >= 15 is 0 Å². The Labute approximate surface area is 298 Å². The molecule has 0 unspecified atom stereocenters. The fraction of sp³-hybridized carbons (Fsp3) is 0.412. The third-order valence-corrected chi connectivity index (χ3v) is 10.3. The lowest BCUT2D eigenvalue weighted by Gasteiger charge is -2.36. The van der Waals surface area contributed by atoms with Crippen LogP contribution in [0.1, 0.15) is 64.9 Å². The van der Waals surface area contributed by atoms with E-state index in [1.54, 1.807) is 9.47 Å². The highest BCUT2D eigenvalue weighted by molar-refractivity contribution is 6.33. The van der Waals surface area contributed by atoms with E-state index in [0.29, 0.717) is 49.9 Å². The number of hydrogen-bond acceptors (Lipinski definition) is 10. The predicted molar refractivity (Wildman–Crippen MR) is 181 cm³/mol. The molecule has 18 heteroatoms. The number of fused-ring (bicyclic) bond motifs is 4. The molecule has 2 N–H and O–H groups in total. The van der Waals surface area contributed by atoms with Gasteiger partial charge in [-0.3, -0.25) is 19.0 Å². The van der Waals surface area contributed by atoms with Gasteiger partial charge in [-0.05, 0) is 36.6 Å². The van der Waals surface area contributed by atoms with Crippen LogP contribution in [0.4, 0.5) is 24.5 Å². The van der Waals surface area contributed by atoms with E-state index < -0.39 is 35.2 Å². The normalized spacial score (nSPS) is 20.1. The van der Waals surface area contributed by atoms with Crippen LogP contribution in [0.3, 0.4) is 0 Å². The lowest BCUT2D eigenvalue weighted by molar-refractivity contribution is -0.137. The molecule has 2 atom stereocenters. The highest BCUT2D eigenvalue weighted by atomic mass is 35.5. The number of carbonyl (C=O) groups excluding carboxylic acids is 2. The van der Waals surface area contributed by atoms with Crippen LogP contribution in [0.2, 0.25) is 5.02 Å². The molecule has 8 rings (SSSR count). The Hall–Kier alpha value is -5.16. The van der Waals surface area contributed by atoms with Crippen molar-refractivity contribution in [3.05, 3.63) is 74.2 Å². The average molecular weight is 741 g/mol. The van der Waals surface area contributed by atoms with Crippen molar-refractivity contribution in [2.24, 2.45) is 0 Å². The number of nitrogens with zero attached hydrogens (tertiary/aromatic N) is 7. The standard InChI is InChI=1S/C34H32ClF3N8O6/c1-17-14-23(30(48)40-22-3-2-20(15-21(22)35)34(36,37)38)45-25(17)26(32(50)46-33(45)41-29(42-46)18-4-11-51-12-5-18)43-7-9-44(10-8-43)31(49)24-27(47)28-19(16-39-24)6-13-52-28/h2-4,15-17,23,47H,5-14H2,1H3,(H,40,48)/t17-,23-/m0/s1. The Bertz CT molecular complexity index is 2230. The number of alkyl halides is 3. The van der Waals surface area contributed by atoms with Crippen molar-refractivity contribution < 1.29 is 37.3 Å². The summed E-state index contributed by atoms with van der Waals surface area (Å²) in [6, 6.07) is 1.77. The molecular weight excluding hydrogens is 709 g/mol. The second-order valence-corrected chi connectivity index (χ2v) is 13.5. The second kappa shape index (κ2) is 12.8. The number of piperazine rings is 1. The molecule has 0 saturated carbocycles. The van der Waals surface area contributed by atoms with E-state index in [4.69, 9.17) is 26.1 Å². The van der Waals surface area contributed by atoms with Gasteiger partial charge >= 0.3 is 6.18 Å². The van der Waals surface area contributed by atoms with Crippen molar-refractivity contribution in [1.82, 2.24) is 29.0 Å². The van der Waals surface area contributed by atoms with Crippen LogP contribution >= 0.6 is 11.6 Å². The van der Waals surface area contributed by atoms with Gasteiger partial charge < -0.3 is 29.7 Å². The molecule has 1 aromatic carbocycles. The first kappa shape index (κ1) is 34.0. The Morgan fingerprint density at radius 1 is 1.12 bits per heavy atom. The van der Waals surface area contributed by atoms with Crippen molar-refractivity contribution >= 4 is 46.1 Å². The number of pyridine rings is 1. The second-order valence-electron chi connectivity index (χ2n) is 13.1. The average Bonchev–Trinajstić information content (AvgIpc) is 3.88. The highest BCUT2D eigenvalue weighted by Gasteiger charge is 2.41. The maximum Gasteiger partial charge on any atom is 0.416 e. The summed E-state index contributed by atoms with van der Waals surface area (Å²) in [5, 5.41) is 17.7. The van der Waals surface area contributed by atoms with Gasteiger partial charge in [-0.15, -0.1) is 5.10 Å². The highest BCUT2D eigenvalue weighted by Crippen LogP contribution is 2.43. The van der Waals surface area contributed by atoms with Crippen molar-refractivity contribution in [2.45, 2.75) is 44.3 Å². The van der Waals surface area contributed by atoms with E-state index in [1.165, 1.54) is 10.7 Å². The Balaban J connectivity index is 1.14. The van der Waals surface area contributed by atoms with Crippen LogP contribution in [0.5, 0.6) is 11.5 Å². The summed E-state index contributed by atoms with van der Waals surface area (Å²) < 4.78 is 53.6. The SMILES string of the molecule is C[C@H]1C[C@@H](C(=O)Nc2ccc(C(F)(F)F)cc2Cl)n2c1c(N1CCN(C(=O)c3ncc4c(c3O)OCC4)CC1)c(=O)n1nc(C3=CCOCC3)nc21. The number of anilines is 2. The molecule has 1 fully saturated rings. The zero-order chi connectivity index (χ0) is 36.5. The number of aromatic nitrogens is 5. The minimum Gasteiger partial charge on any atom is -0.503 e. The van der Waals surface area contributed by atoms with Gasteiger partial charge in [0, 0.05) is 50.3 Å².